The summed E-state index contributed by atoms with van der Waals surface area (Å²) in [5, 5.41) is 3.50. The molecule has 3 nitrogen and oxygen atoms in total. The van der Waals surface area contributed by atoms with E-state index in [0.717, 1.165) is 28.1 Å². The van der Waals surface area contributed by atoms with E-state index in [-0.39, 0.29) is 5.91 Å². The highest BCUT2D eigenvalue weighted by Crippen LogP contribution is 2.20. The lowest BCUT2D eigenvalue weighted by molar-refractivity contribution is -0.116. The Morgan fingerprint density at radius 2 is 1.86 bits per heavy atom. The van der Waals surface area contributed by atoms with Crippen molar-refractivity contribution in [3.63, 3.8) is 0 Å². The zero-order valence-electron chi connectivity index (χ0n) is 12.2. The maximum atomic E-state index is 11.9. The third-order valence-corrected chi connectivity index (χ3v) is 3.85. The number of amides is 1. The van der Waals surface area contributed by atoms with Crippen LogP contribution >= 0.6 is 11.6 Å². The molecule has 0 heterocycles. The summed E-state index contributed by atoms with van der Waals surface area (Å²) < 4.78 is 0. The van der Waals surface area contributed by atoms with Crippen LogP contribution in [0.1, 0.15) is 23.1 Å². The molecule has 0 spiro atoms. The number of carbonyl (C=O) groups excluding carboxylic acids is 1. The monoisotopic (exact) mass is 302 g/mol. The average molecular weight is 303 g/mol. The Hall–Kier alpha value is -2.00. The molecule has 0 aromatic heterocycles. The second kappa shape index (κ2) is 6.64. The predicted octanol–water partition coefficient (Wildman–Crippen LogP) is 4.11. The Labute approximate surface area is 130 Å². The van der Waals surface area contributed by atoms with Gasteiger partial charge in [-0.15, -0.1) is 0 Å². The number of aryl methyl sites for hydroxylation is 3. The maximum absolute atomic E-state index is 11.9. The molecule has 0 saturated heterocycles. The first-order chi connectivity index (χ1) is 9.95. The summed E-state index contributed by atoms with van der Waals surface area (Å²) in [6.45, 7) is 3.89. The highest BCUT2D eigenvalue weighted by molar-refractivity contribution is 6.31. The van der Waals surface area contributed by atoms with Crippen LogP contribution in [0.3, 0.4) is 0 Å². The molecular weight excluding hydrogens is 284 g/mol. The fourth-order valence-electron chi connectivity index (χ4n) is 2.00. The van der Waals surface area contributed by atoms with E-state index >= 15 is 0 Å². The second-order valence-electron chi connectivity index (χ2n) is 5.20. The summed E-state index contributed by atoms with van der Waals surface area (Å²) in [5.41, 5.74) is 10.5. The summed E-state index contributed by atoms with van der Waals surface area (Å²) >= 11 is 6.04. The number of nitrogens with two attached hydrogens (primary N) is 1. The van der Waals surface area contributed by atoms with Gasteiger partial charge in [-0.05, 0) is 55.2 Å². The van der Waals surface area contributed by atoms with Crippen molar-refractivity contribution in [3.8, 4) is 0 Å². The number of halogens is 1. The highest BCUT2D eigenvalue weighted by Gasteiger charge is 2.05. The van der Waals surface area contributed by atoms with Crippen LogP contribution in [0.15, 0.2) is 36.4 Å². The summed E-state index contributed by atoms with van der Waals surface area (Å²) in [7, 11) is 0. The number of benzene rings is 2. The van der Waals surface area contributed by atoms with Crippen molar-refractivity contribution in [1.29, 1.82) is 0 Å². The molecule has 0 bridgehead atoms. The van der Waals surface area contributed by atoms with E-state index in [9.17, 15) is 4.79 Å². The quantitative estimate of drug-likeness (QED) is 0.835. The van der Waals surface area contributed by atoms with Crippen LogP contribution in [-0.4, -0.2) is 5.91 Å². The number of anilines is 2. The number of hydrogen-bond donors (Lipinski definition) is 2. The molecule has 0 unspecified atom stereocenters. The molecule has 2 aromatic rings. The molecule has 110 valence electrons. The van der Waals surface area contributed by atoms with Crippen molar-refractivity contribution in [2.24, 2.45) is 0 Å². The minimum atomic E-state index is -0.0333. The molecule has 0 fully saturated rings. The summed E-state index contributed by atoms with van der Waals surface area (Å²) in [6.07, 6.45) is 1.07. The van der Waals surface area contributed by atoms with Gasteiger partial charge in [0, 0.05) is 22.8 Å². The van der Waals surface area contributed by atoms with Crippen molar-refractivity contribution in [1.82, 2.24) is 0 Å². The Morgan fingerprint density at radius 1 is 1.14 bits per heavy atom. The van der Waals surface area contributed by atoms with Crippen molar-refractivity contribution in [2.45, 2.75) is 26.7 Å². The molecule has 2 aromatic carbocycles. The molecule has 3 N–H and O–H groups in total. The van der Waals surface area contributed by atoms with Crippen LogP contribution in [0.25, 0.3) is 0 Å². The van der Waals surface area contributed by atoms with E-state index in [4.69, 9.17) is 17.3 Å². The van der Waals surface area contributed by atoms with E-state index in [1.807, 2.05) is 44.2 Å². The average Bonchev–Trinajstić information content (AvgIpc) is 2.44. The lowest BCUT2D eigenvalue weighted by Crippen LogP contribution is -2.12. The summed E-state index contributed by atoms with van der Waals surface area (Å²) in [5.74, 6) is -0.0333. The van der Waals surface area contributed by atoms with Gasteiger partial charge in [0.25, 0.3) is 0 Å². The zero-order chi connectivity index (χ0) is 15.4. The zero-order valence-corrected chi connectivity index (χ0v) is 13.0. The Kier molecular flexibility index (Phi) is 4.86. The molecule has 4 heteroatoms. The molecule has 21 heavy (non-hydrogen) atoms. The van der Waals surface area contributed by atoms with E-state index in [2.05, 4.69) is 5.32 Å². The standard InChI is InChI=1S/C17H19ClN2O/c1-11-4-7-14(10-15(11)18)20-17(21)8-6-13-5-3-12(2)16(19)9-13/h3-5,7,9-10H,6,8,19H2,1-2H3,(H,20,21). The molecule has 2 rings (SSSR count). The summed E-state index contributed by atoms with van der Waals surface area (Å²) in [4.78, 5) is 11.9. The van der Waals surface area contributed by atoms with Gasteiger partial charge in [0.05, 0.1) is 0 Å². The van der Waals surface area contributed by atoms with E-state index in [1.165, 1.54) is 0 Å². The SMILES string of the molecule is Cc1ccc(CCC(=O)Nc2ccc(C)c(Cl)c2)cc1N. The Morgan fingerprint density at radius 3 is 2.52 bits per heavy atom. The van der Waals surface area contributed by atoms with Crippen LogP contribution in [0.4, 0.5) is 11.4 Å². The molecular formula is C17H19ClN2O. The van der Waals surface area contributed by atoms with Gasteiger partial charge in [-0.2, -0.15) is 0 Å². The molecule has 1 amide bonds. The smallest absolute Gasteiger partial charge is 0.224 e. The normalized spacial score (nSPS) is 10.4. The van der Waals surface area contributed by atoms with Gasteiger partial charge in [-0.25, -0.2) is 0 Å². The fourth-order valence-corrected chi connectivity index (χ4v) is 2.18. The van der Waals surface area contributed by atoms with Gasteiger partial charge < -0.3 is 11.1 Å². The van der Waals surface area contributed by atoms with Crippen molar-refractivity contribution in [3.05, 3.63) is 58.1 Å². The van der Waals surface area contributed by atoms with Gasteiger partial charge in [0.15, 0.2) is 0 Å². The molecule has 0 aliphatic carbocycles. The second-order valence-corrected chi connectivity index (χ2v) is 5.61. The summed E-state index contributed by atoms with van der Waals surface area (Å²) in [6, 6.07) is 11.4. The van der Waals surface area contributed by atoms with Crippen LogP contribution in [0.2, 0.25) is 5.02 Å². The minimum Gasteiger partial charge on any atom is -0.399 e. The predicted molar refractivity (Wildman–Crippen MR) is 88.7 cm³/mol. The van der Waals surface area contributed by atoms with Gasteiger partial charge >= 0.3 is 0 Å². The number of carbonyl (C=O) groups is 1. The van der Waals surface area contributed by atoms with Crippen molar-refractivity contribution in [2.75, 3.05) is 11.1 Å². The molecule has 0 atom stereocenters. The van der Waals surface area contributed by atoms with E-state index in [0.29, 0.717) is 17.9 Å². The topological polar surface area (TPSA) is 55.1 Å². The third kappa shape index (κ3) is 4.23. The van der Waals surface area contributed by atoms with Gasteiger partial charge in [0.2, 0.25) is 5.91 Å². The first-order valence-electron chi connectivity index (χ1n) is 6.86. The van der Waals surface area contributed by atoms with E-state index < -0.39 is 0 Å². The minimum absolute atomic E-state index is 0.0333. The van der Waals surface area contributed by atoms with Crippen LogP contribution < -0.4 is 11.1 Å². The Balaban J connectivity index is 1.92. The van der Waals surface area contributed by atoms with Crippen molar-refractivity contribution >= 4 is 28.9 Å². The van der Waals surface area contributed by atoms with Crippen LogP contribution in [0, 0.1) is 13.8 Å². The van der Waals surface area contributed by atoms with Crippen molar-refractivity contribution < 1.29 is 4.79 Å². The molecule has 0 aliphatic rings. The highest BCUT2D eigenvalue weighted by atomic mass is 35.5. The van der Waals surface area contributed by atoms with Crippen LogP contribution in [-0.2, 0) is 11.2 Å². The number of hydrogen-bond acceptors (Lipinski definition) is 2. The van der Waals surface area contributed by atoms with E-state index in [1.54, 1.807) is 6.07 Å². The lowest BCUT2D eigenvalue weighted by Gasteiger charge is -2.08. The fraction of sp³-hybridized carbons (Fsp3) is 0.235. The van der Waals surface area contributed by atoms with Crippen LogP contribution in [0.5, 0.6) is 0 Å². The third-order valence-electron chi connectivity index (χ3n) is 3.44. The number of rotatable bonds is 4. The maximum Gasteiger partial charge on any atom is 0.224 e. The molecule has 0 radical (unpaired) electrons. The first-order valence-corrected chi connectivity index (χ1v) is 7.24. The Bertz CT molecular complexity index is 668. The largest absolute Gasteiger partial charge is 0.399 e. The first kappa shape index (κ1) is 15.4. The van der Waals surface area contributed by atoms with Gasteiger partial charge in [-0.1, -0.05) is 29.8 Å². The number of nitrogen functional groups attached to an aromatic ring is 1. The van der Waals surface area contributed by atoms with Gasteiger partial charge in [-0.3, -0.25) is 4.79 Å². The number of nitrogens with one attached hydrogen (secondary N) is 1. The molecule has 0 saturated carbocycles. The molecule has 0 aliphatic heterocycles. The lowest BCUT2D eigenvalue weighted by atomic mass is 10.1. The van der Waals surface area contributed by atoms with Gasteiger partial charge in [0.1, 0.15) is 0 Å².